The second-order valence-corrected chi connectivity index (χ2v) is 9.60. The highest BCUT2D eigenvalue weighted by Gasteiger charge is 2.55. The van der Waals surface area contributed by atoms with Crippen LogP contribution in [0.2, 0.25) is 5.02 Å². The van der Waals surface area contributed by atoms with Gasteiger partial charge in [-0.05, 0) is 63.0 Å². The predicted molar refractivity (Wildman–Crippen MR) is 121 cm³/mol. The van der Waals surface area contributed by atoms with Crippen LogP contribution in [0.4, 0.5) is 11.6 Å². The second-order valence-electron chi connectivity index (χ2n) is 9.19. The number of pyridine rings is 1. The summed E-state index contributed by atoms with van der Waals surface area (Å²) < 4.78 is 7.55. The molecule has 7 heteroatoms. The lowest BCUT2D eigenvalue weighted by molar-refractivity contribution is -0.00907. The van der Waals surface area contributed by atoms with Gasteiger partial charge in [0.1, 0.15) is 5.52 Å². The van der Waals surface area contributed by atoms with Crippen molar-refractivity contribution in [2.75, 3.05) is 18.6 Å². The van der Waals surface area contributed by atoms with Crippen molar-refractivity contribution >= 4 is 34.3 Å². The minimum absolute atomic E-state index is 0.350. The Morgan fingerprint density at radius 1 is 1.06 bits per heavy atom. The molecule has 1 N–H and O–H groups in total. The number of aliphatic hydroxyl groups is 1. The standard InChI is InChI=1S/C24H27ClN4O2/c1-14-19(10-11-20(26-14)31-2)28-12-3-13-29-22-17(8-9-18(25)21(22)27-23(28)29)24(30,15-4-5-15)16-6-7-16/h8-11,15-16,30H,3-7,12-13H2,1-2H3. The number of aromatic nitrogens is 3. The first-order valence-electron chi connectivity index (χ1n) is 11.2. The van der Waals surface area contributed by atoms with E-state index in [1.54, 1.807) is 7.11 Å². The molecule has 2 aliphatic carbocycles. The number of ether oxygens (including phenoxy) is 1. The van der Waals surface area contributed by atoms with Gasteiger partial charge in [-0.15, -0.1) is 0 Å². The molecule has 6 rings (SSSR count). The van der Waals surface area contributed by atoms with Crippen LogP contribution in [0.25, 0.3) is 11.0 Å². The molecule has 2 fully saturated rings. The van der Waals surface area contributed by atoms with Crippen LogP contribution in [-0.4, -0.2) is 33.3 Å². The van der Waals surface area contributed by atoms with Crippen LogP contribution in [-0.2, 0) is 12.1 Å². The molecule has 1 aliphatic heterocycles. The highest BCUT2D eigenvalue weighted by molar-refractivity contribution is 6.35. The molecule has 162 valence electrons. The molecule has 2 saturated carbocycles. The normalized spacial score (nSPS) is 19.0. The van der Waals surface area contributed by atoms with Crippen LogP contribution in [0.3, 0.4) is 0 Å². The van der Waals surface area contributed by atoms with Gasteiger partial charge in [-0.2, -0.15) is 0 Å². The number of halogens is 1. The molecule has 3 heterocycles. The SMILES string of the molecule is COc1ccc(N2CCCn3c2nc2c(Cl)ccc(C(O)(C4CC4)C4CC4)c23)c(C)n1. The van der Waals surface area contributed by atoms with Crippen molar-refractivity contribution in [3.63, 3.8) is 0 Å². The van der Waals surface area contributed by atoms with Crippen molar-refractivity contribution < 1.29 is 9.84 Å². The van der Waals surface area contributed by atoms with E-state index in [0.717, 1.165) is 79.1 Å². The van der Waals surface area contributed by atoms with Gasteiger partial charge in [0.2, 0.25) is 11.8 Å². The van der Waals surface area contributed by atoms with E-state index >= 15 is 0 Å². The maximum atomic E-state index is 11.9. The zero-order valence-electron chi connectivity index (χ0n) is 17.9. The van der Waals surface area contributed by atoms with Crippen molar-refractivity contribution in [3.8, 4) is 5.88 Å². The van der Waals surface area contributed by atoms with Gasteiger partial charge < -0.3 is 19.3 Å². The van der Waals surface area contributed by atoms with Gasteiger partial charge in [-0.3, -0.25) is 0 Å². The molecule has 0 saturated heterocycles. The van der Waals surface area contributed by atoms with Gasteiger partial charge >= 0.3 is 0 Å². The zero-order valence-corrected chi connectivity index (χ0v) is 18.7. The number of anilines is 2. The molecule has 3 aromatic rings. The molecule has 6 nitrogen and oxygen atoms in total. The van der Waals surface area contributed by atoms with Crippen LogP contribution in [0.1, 0.15) is 43.4 Å². The van der Waals surface area contributed by atoms with Gasteiger partial charge in [0.05, 0.1) is 34.6 Å². The largest absolute Gasteiger partial charge is 0.481 e. The maximum Gasteiger partial charge on any atom is 0.213 e. The van der Waals surface area contributed by atoms with Crippen LogP contribution in [0, 0.1) is 18.8 Å². The molecule has 0 spiro atoms. The fourth-order valence-corrected chi connectivity index (χ4v) is 5.60. The predicted octanol–water partition coefficient (Wildman–Crippen LogP) is 4.95. The lowest BCUT2D eigenvalue weighted by Gasteiger charge is -2.33. The Balaban J connectivity index is 1.55. The summed E-state index contributed by atoms with van der Waals surface area (Å²) in [7, 11) is 1.63. The average molecular weight is 439 g/mol. The van der Waals surface area contributed by atoms with Gasteiger partial charge in [0.15, 0.2) is 0 Å². The Kier molecular flexibility index (Phi) is 4.28. The third kappa shape index (κ3) is 2.88. The summed E-state index contributed by atoms with van der Waals surface area (Å²) in [6.45, 7) is 3.72. The number of rotatable bonds is 5. The smallest absolute Gasteiger partial charge is 0.213 e. The number of methoxy groups -OCH3 is 1. The van der Waals surface area contributed by atoms with E-state index in [4.69, 9.17) is 21.3 Å². The summed E-state index contributed by atoms with van der Waals surface area (Å²) in [6, 6.07) is 7.90. The van der Waals surface area contributed by atoms with Crippen molar-refractivity contribution in [2.24, 2.45) is 11.8 Å². The first-order valence-corrected chi connectivity index (χ1v) is 11.6. The fraction of sp³-hybridized carbons (Fsp3) is 0.500. The Bertz CT molecular complexity index is 1170. The van der Waals surface area contributed by atoms with Gasteiger partial charge in [0, 0.05) is 24.7 Å². The number of fused-ring (bicyclic) bond motifs is 3. The molecule has 2 aromatic heterocycles. The number of imidazole rings is 1. The molecular weight excluding hydrogens is 412 g/mol. The Morgan fingerprint density at radius 3 is 2.45 bits per heavy atom. The van der Waals surface area contributed by atoms with E-state index < -0.39 is 5.60 Å². The first kappa shape index (κ1) is 19.4. The summed E-state index contributed by atoms with van der Waals surface area (Å²) in [5.41, 5.74) is 3.97. The average Bonchev–Trinajstić information content (AvgIpc) is 3.69. The topological polar surface area (TPSA) is 63.4 Å². The third-order valence-corrected chi connectivity index (χ3v) is 7.50. The summed E-state index contributed by atoms with van der Waals surface area (Å²) >= 11 is 6.65. The number of hydrogen-bond acceptors (Lipinski definition) is 5. The lowest BCUT2D eigenvalue weighted by atomic mass is 9.83. The van der Waals surface area contributed by atoms with Gasteiger partial charge in [0.25, 0.3) is 0 Å². The van der Waals surface area contributed by atoms with Gasteiger partial charge in [-0.25, -0.2) is 9.97 Å². The molecule has 31 heavy (non-hydrogen) atoms. The van der Waals surface area contributed by atoms with Crippen molar-refractivity contribution in [1.29, 1.82) is 0 Å². The van der Waals surface area contributed by atoms with E-state index in [2.05, 4.69) is 20.5 Å². The van der Waals surface area contributed by atoms with Crippen molar-refractivity contribution in [3.05, 3.63) is 40.5 Å². The van der Waals surface area contributed by atoms with Crippen LogP contribution < -0.4 is 9.64 Å². The van der Waals surface area contributed by atoms with Crippen LogP contribution in [0.5, 0.6) is 5.88 Å². The lowest BCUT2D eigenvalue weighted by Crippen LogP contribution is -2.33. The summed E-state index contributed by atoms with van der Waals surface area (Å²) in [6.07, 6.45) is 5.38. The fourth-order valence-electron chi connectivity index (χ4n) is 5.40. The highest BCUT2D eigenvalue weighted by Crippen LogP contribution is 2.59. The summed E-state index contributed by atoms with van der Waals surface area (Å²) in [5, 5.41) is 12.6. The number of nitrogens with zero attached hydrogens (tertiary/aromatic N) is 4. The van der Waals surface area contributed by atoms with Gasteiger partial charge in [-0.1, -0.05) is 17.7 Å². The number of benzene rings is 1. The zero-order chi connectivity index (χ0) is 21.3. The quantitative estimate of drug-likeness (QED) is 0.610. The minimum Gasteiger partial charge on any atom is -0.481 e. The Labute approximate surface area is 186 Å². The van der Waals surface area contributed by atoms with E-state index in [0.29, 0.717) is 22.7 Å². The van der Waals surface area contributed by atoms with E-state index in [1.807, 2.05) is 25.1 Å². The molecule has 3 aliphatic rings. The van der Waals surface area contributed by atoms with Crippen molar-refractivity contribution in [1.82, 2.24) is 14.5 Å². The minimum atomic E-state index is -0.764. The molecule has 1 aromatic carbocycles. The third-order valence-electron chi connectivity index (χ3n) is 7.19. The molecule has 0 bridgehead atoms. The van der Waals surface area contributed by atoms with Crippen LogP contribution in [0.15, 0.2) is 24.3 Å². The molecule has 0 unspecified atom stereocenters. The number of aryl methyl sites for hydroxylation is 2. The molecule has 0 atom stereocenters. The Hall–Kier alpha value is -2.31. The summed E-state index contributed by atoms with van der Waals surface area (Å²) in [4.78, 5) is 11.8. The summed E-state index contributed by atoms with van der Waals surface area (Å²) in [5.74, 6) is 2.18. The monoisotopic (exact) mass is 438 g/mol. The molecule has 0 radical (unpaired) electrons. The van der Waals surface area contributed by atoms with E-state index in [1.165, 1.54) is 0 Å². The Morgan fingerprint density at radius 2 is 1.81 bits per heavy atom. The molecule has 0 amide bonds. The highest BCUT2D eigenvalue weighted by atomic mass is 35.5. The first-order chi connectivity index (χ1) is 15.0. The molecular formula is C24H27ClN4O2. The second kappa shape index (κ2) is 6.84. The van der Waals surface area contributed by atoms with E-state index in [-0.39, 0.29) is 0 Å². The maximum absolute atomic E-state index is 11.9. The van der Waals surface area contributed by atoms with Crippen LogP contribution >= 0.6 is 11.6 Å². The van der Waals surface area contributed by atoms with E-state index in [9.17, 15) is 5.11 Å². The van der Waals surface area contributed by atoms with Crippen molar-refractivity contribution in [2.45, 2.75) is 51.2 Å². The number of hydrogen-bond donors (Lipinski definition) is 1.